The van der Waals surface area contributed by atoms with Gasteiger partial charge < -0.3 is 16.0 Å². The number of piperidine rings is 1. The standard InChI is InChI=1S/C16H32N4O/c1-15(2)10-13(11-16(3,4)19-15)18-14(21)12-20-8-5-6-17-7-9-20/h13,17,19H,5-12H2,1-4H3,(H,18,21). The van der Waals surface area contributed by atoms with Crippen molar-refractivity contribution in [1.29, 1.82) is 0 Å². The third kappa shape index (κ3) is 5.57. The molecule has 0 saturated carbocycles. The van der Waals surface area contributed by atoms with Gasteiger partial charge in [0.2, 0.25) is 5.91 Å². The van der Waals surface area contributed by atoms with Gasteiger partial charge in [0.25, 0.3) is 0 Å². The van der Waals surface area contributed by atoms with Gasteiger partial charge in [0.15, 0.2) is 0 Å². The first-order chi connectivity index (χ1) is 9.76. The Morgan fingerprint density at radius 3 is 2.48 bits per heavy atom. The summed E-state index contributed by atoms with van der Waals surface area (Å²) < 4.78 is 0. The van der Waals surface area contributed by atoms with Crippen LogP contribution in [0.25, 0.3) is 0 Å². The van der Waals surface area contributed by atoms with E-state index in [1.54, 1.807) is 0 Å². The summed E-state index contributed by atoms with van der Waals surface area (Å²) in [6, 6.07) is 0.272. The smallest absolute Gasteiger partial charge is 0.234 e. The molecule has 1 amide bonds. The zero-order valence-corrected chi connectivity index (χ0v) is 14.1. The van der Waals surface area contributed by atoms with E-state index in [4.69, 9.17) is 0 Å². The molecule has 21 heavy (non-hydrogen) atoms. The van der Waals surface area contributed by atoms with Crippen LogP contribution < -0.4 is 16.0 Å². The molecule has 3 N–H and O–H groups in total. The van der Waals surface area contributed by atoms with E-state index in [0.29, 0.717) is 6.54 Å². The van der Waals surface area contributed by atoms with Crippen LogP contribution in [0.5, 0.6) is 0 Å². The first kappa shape index (κ1) is 16.7. The summed E-state index contributed by atoms with van der Waals surface area (Å²) in [5, 5.41) is 10.3. The molecule has 0 aromatic rings. The highest BCUT2D eigenvalue weighted by atomic mass is 16.2. The quantitative estimate of drug-likeness (QED) is 0.718. The Labute approximate surface area is 129 Å². The maximum absolute atomic E-state index is 12.3. The summed E-state index contributed by atoms with van der Waals surface area (Å²) in [5.41, 5.74) is 0.151. The predicted octanol–water partition coefficient (Wildman–Crippen LogP) is 0.707. The Morgan fingerprint density at radius 1 is 1.14 bits per heavy atom. The summed E-state index contributed by atoms with van der Waals surface area (Å²) in [6.45, 7) is 13.4. The molecule has 0 atom stereocenters. The third-order valence-corrected chi connectivity index (χ3v) is 4.36. The second-order valence-corrected chi connectivity index (χ2v) is 7.95. The van der Waals surface area contributed by atoms with Gasteiger partial charge in [-0.15, -0.1) is 0 Å². The van der Waals surface area contributed by atoms with Gasteiger partial charge in [-0.25, -0.2) is 0 Å². The van der Waals surface area contributed by atoms with E-state index < -0.39 is 0 Å². The highest BCUT2D eigenvalue weighted by molar-refractivity contribution is 5.78. The minimum Gasteiger partial charge on any atom is -0.352 e. The van der Waals surface area contributed by atoms with Gasteiger partial charge in [-0.05, 0) is 60.0 Å². The molecule has 2 aliphatic rings. The second kappa shape index (κ2) is 6.63. The van der Waals surface area contributed by atoms with Gasteiger partial charge in [-0.1, -0.05) is 0 Å². The number of rotatable bonds is 3. The van der Waals surface area contributed by atoms with E-state index in [9.17, 15) is 4.79 Å². The molecule has 0 aromatic heterocycles. The zero-order chi connectivity index (χ0) is 15.5. The Morgan fingerprint density at radius 2 is 1.81 bits per heavy atom. The molecule has 5 heteroatoms. The van der Waals surface area contributed by atoms with Crippen molar-refractivity contribution < 1.29 is 4.79 Å². The minimum atomic E-state index is 0.0756. The molecular formula is C16H32N4O. The number of nitrogens with one attached hydrogen (secondary N) is 3. The van der Waals surface area contributed by atoms with Gasteiger partial charge in [0.05, 0.1) is 6.54 Å². The first-order valence-corrected chi connectivity index (χ1v) is 8.28. The van der Waals surface area contributed by atoms with Crippen LogP contribution >= 0.6 is 0 Å². The molecule has 0 unspecified atom stereocenters. The molecule has 0 aromatic carbocycles. The summed E-state index contributed by atoms with van der Waals surface area (Å²) in [4.78, 5) is 14.6. The Kier molecular flexibility index (Phi) is 5.28. The number of amides is 1. The molecule has 5 nitrogen and oxygen atoms in total. The number of nitrogens with zero attached hydrogens (tertiary/aromatic N) is 1. The molecule has 2 heterocycles. The van der Waals surface area contributed by atoms with Crippen LogP contribution in [-0.4, -0.2) is 60.7 Å². The molecule has 2 saturated heterocycles. The average Bonchev–Trinajstić information content (AvgIpc) is 2.52. The van der Waals surface area contributed by atoms with Gasteiger partial charge in [-0.2, -0.15) is 0 Å². The SMILES string of the molecule is CC1(C)CC(NC(=O)CN2CCCNCC2)CC(C)(C)N1. The van der Waals surface area contributed by atoms with Gasteiger partial charge in [-0.3, -0.25) is 9.69 Å². The van der Waals surface area contributed by atoms with Crippen LogP contribution in [-0.2, 0) is 4.79 Å². The highest BCUT2D eigenvalue weighted by Crippen LogP contribution is 2.28. The largest absolute Gasteiger partial charge is 0.352 e. The maximum atomic E-state index is 12.3. The van der Waals surface area contributed by atoms with Crippen molar-refractivity contribution in [2.75, 3.05) is 32.7 Å². The molecule has 0 aliphatic carbocycles. The molecule has 2 aliphatic heterocycles. The average molecular weight is 296 g/mol. The second-order valence-electron chi connectivity index (χ2n) is 7.95. The van der Waals surface area contributed by atoms with Crippen molar-refractivity contribution >= 4 is 5.91 Å². The lowest BCUT2D eigenvalue weighted by Gasteiger charge is -2.46. The lowest BCUT2D eigenvalue weighted by atomic mass is 9.79. The van der Waals surface area contributed by atoms with E-state index >= 15 is 0 Å². The van der Waals surface area contributed by atoms with E-state index in [-0.39, 0.29) is 23.0 Å². The topological polar surface area (TPSA) is 56.4 Å². The van der Waals surface area contributed by atoms with Crippen LogP contribution in [0.4, 0.5) is 0 Å². The van der Waals surface area contributed by atoms with Crippen molar-refractivity contribution in [3.05, 3.63) is 0 Å². The third-order valence-electron chi connectivity index (χ3n) is 4.36. The fraction of sp³-hybridized carbons (Fsp3) is 0.938. The van der Waals surface area contributed by atoms with Gasteiger partial charge in [0.1, 0.15) is 0 Å². The maximum Gasteiger partial charge on any atom is 0.234 e. The molecular weight excluding hydrogens is 264 g/mol. The van der Waals surface area contributed by atoms with Crippen LogP contribution in [0, 0.1) is 0 Å². The van der Waals surface area contributed by atoms with Gasteiger partial charge in [0, 0.05) is 30.2 Å². The van der Waals surface area contributed by atoms with Crippen LogP contribution in [0.15, 0.2) is 0 Å². The molecule has 2 rings (SSSR count). The van der Waals surface area contributed by atoms with Crippen LogP contribution in [0.3, 0.4) is 0 Å². The highest BCUT2D eigenvalue weighted by Gasteiger charge is 2.38. The number of hydrogen-bond acceptors (Lipinski definition) is 4. The van der Waals surface area contributed by atoms with E-state index in [2.05, 4.69) is 48.5 Å². The van der Waals surface area contributed by atoms with E-state index in [0.717, 1.165) is 45.4 Å². The normalized spacial score (nSPS) is 27.0. The lowest BCUT2D eigenvalue weighted by molar-refractivity contribution is -0.123. The minimum absolute atomic E-state index is 0.0756. The van der Waals surface area contributed by atoms with Crippen LogP contribution in [0.1, 0.15) is 47.0 Å². The Bertz CT molecular complexity index is 343. The summed E-state index contributed by atoms with van der Waals surface area (Å²) in [6.07, 6.45) is 3.11. The van der Waals surface area contributed by atoms with Crippen molar-refractivity contribution in [2.45, 2.75) is 64.1 Å². The lowest BCUT2D eigenvalue weighted by Crippen LogP contribution is -2.62. The monoisotopic (exact) mass is 296 g/mol. The van der Waals surface area contributed by atoms with Crippen molar-refractivity contribution in [3.63, 3.8) is 0 Å². The summed E-state index contributed by atoms with van der Waals surface area (Å²) >= 11 is 0. The molecule has 0 spiro atoms. The summed E-state index contributed by atoms with van der Waals surface area (Å²) in [5.74, 6) is 0.176. The summed E-state index contributed by atoms with van der Waals surface area (Å²) in [7, 11) is 0. The predicted molar refractivity (Wildman–Crippen MR) is 86.4 cm³/mol. The number of carbonyl (C=O) groups is 1. The molecule has 0 radical (unpaired) electrons. The Balaban J connectivity index is 1.84. The molecule has 2 fully saturated rings. The molecule has 122 valence electrons. The van der Waals surface area contributed by atoms with Crippen molar-refractivity contribution in [3.8, 4) is 0 Å². The fourth-order valence-corrected chi connectivity index (χ4v) is 3.96. The zero-order valence-electron chi connectivity index (χ0n) is 14.1. The Hall–Kier alpha value is -0.650. The van der Waals surface area contributed by atoms with Crippen molar-refractivity contribution in [2.24, 2.45) is 0 Å². The number of hydrogen-bond donors (Lipinski definition) is 3. The fourth-order valence-electron chi connectivity index (χ4n) is 3.96. The van der Waals surface area contributed by atoms with Crippen LogP contribution in [0.2, 0.25) is 0 Å². The molecule has 0 bridgehead atoms. The van der Waals surface area contributed by atoms with E-state index in [1.807, 2.05) is 0 Å². The number of carbonyl (C=O) groups excluding carboxylic acids is 1. The first-order valence-electron chi connectivity index (χ1n) is 8.28. The van der Waals surface area contributed by atoms with E-state index in [1.165, 1.54) is 0 Å². The van der Waals surface area contributed by atoms with Crippen molar-refractivity contribution in [1.82, 2.24) is 20.9 Å². The van der Waals surface area contributed by atoms with Gasteiger partial charge >= 0.3 is 0 Å².